The average molecular weight is 504 g/mol. The third-order valence-electron chi connectivity index (χ3n) is 5.52. The Morgan fingerprint density at radius 3 is 1.47 bits per heavy atom. The average Bonchev–Trinajstić information content (AvgIpc) is 2.78. The van der Waals surface area contributed by atoms with Gasteiger partial charge in [-0.05, 0) is 0 Å². The lowest BCUT2D eigenvalue weighted by Crippen LogP contribution is -2.29. The molecule has 0 aromatic heterocycles. The van der Waals surface area contributed by atoms with Gasteiger partial charge in [0.25, 0.3) is 0 Å². The van der Waals surface area contributed by atoms with Crippen LogP contribution in [0.2, 0.25) is 18.6 Å². The van der Waals surface area contributed by atoms with Gasteiger partial charge in [-0.25, -0.2) is 39.5 Å². The van der Waals surface area contributed by atoms with Crippen molar-refractivity contribution >= 4 is 21.2 Å². The van der Waals surface area contributed by atoms with E-state index >= 15 is 0 Å². The first-order valence-corrected chi connectivity index (χ1v) is 15.0. The predicted octanol–water partition coefficient (Wildman–Crippen LogP) is 8.08. The zero-order valence-electron chi connectivity index (χ0n) is 17.6. The topological polar surface area (TPSA) is 0 Å². The van der Waals surface area contributed by atoms with Gasteiger partial charge in [0.05, 0.1) is 13.3 Å². The molecule has 2 rings (SSSR count). The van der Waals surface area contributed by atoms with Crippen LogP contribution in [-0.4, -0.2) is 7.74 Å². The molecule has 2 aromatic rings. The summed E-state index contributed by atoms with van der Waals surface area (Å²) in [5.74, 6) is -20.9. The van der Waals surface area contributed by atoms with Crippen molar-refractivity contribution in [1.29, 1.82) is 0 Å². The van der Waals surface area contributed by atoms with E-state index in [4.69, 9.17) is 0 Å². The molecule has 0 amide bonds. The fraction of sp³-hybridized carbons (Fsp3) is 0.429. The van der Waals surface area contributed by atoms with Crippen molar-refractivity contribution in [3.8, 4) is 11.1 Å². The van der Waals surface area contributed by atoms with Gasteiger partial charge in [-0.15, -0.1) is 0 Å². The molecule has 0 aliphatic carbocycles. The number of hydrogen-bond acceptors (Lipinski definition) is 0. The van der Waals surface area contributed by atoms with Gasteiger partial charge in [-0.1, -0.05) is 66.3 Å². The molecule has 0 nitrogen and oxygen atoms in total. The van der Waals surface area contributed by atoms with Crippen LogP contribution in [0, 0.1) is 52.4 Å². The van der Waals surface area contributed by atoms with E-state index in [2.05, 4.69) is 0 Å². The molecule has 0 spiro atoms. The summed E-state index contributed by atoms with van der Waals surface area (Å²) >= 11 is 0. The predicted molar refractivity (Wildman–Crippen MR) is 110 cm³/mol. The fourth-order valence-electron chi connectivity index (χ4n) is 3.38. The maximum Gasteiger partial charge on any atom is 0.200 e. The summed E-state index contributed by atoms with van der Waals surface area (Å²) in [6.07, 6.45) is 3.45. The molecule has 32 heavy (non-hydrogen) atoms. The quantitative estimate of drug-likeness (QED) is 0.0809. The molecule has 0 bridgehead atoms. The first kappa shape index (κ1) is 26.7. The Bertz CT molecular complexity index is 983. The van der Waals surface area contributed by atoms with E-state index in [0.29, 0.717) is 12.1 Å². The number of rotatable bonds is 9. The monoisotopic (exact) mass is 504 g/mol. The van der Waals surface area contributed by atoms with Crippen molar-refractivity contribution in [3.63, 3.8) is 0 Å². The Balaban J connectivity index is 2.77. The third-order valence-corrected chi connectivity index (χ3v) is 14.2. The number of unbranched alkanes of at least 4 members (excludes halogenated alkanes) is 3. The Kier molecular flexibility index (Phi) is 8.84. The normalized spacial score (nSPS) is 13.9. The minimum absolute atomic E-state index is 0.494. The van der Waals surface area contributed by atoms with Crippen LogP contribution in [0.5, 0.6) is 0 Å². The van der Waals surface area contributed by atoms with Gasteiger partial charge in [0.2, 0.25) is 5.82 Å². The summed E-state index contributed by atoms with van der Waals surface area (Å²) in [6, 6.07) is 1.08. The van der Waals surface area contributed by atoms with E-state index in [1.807, 2.05) is 6.92 Å². The highest BCUT2D eigenvalue weighted by molar-refractivity contribution is 7.87. The summed E-state index contributed by atoms with van der Waals surface area (Å²) in [5.41, 5.74) is -3.27. The van der Waals surface area contributed by atoms with E-state index in [1.54, 1.807) is 13.5 Å². The van der Waals surface area contributed by atoms with E-state index < -0.39 is 84.7 Å². The zero-order valence-corrected chi connectivity index (χ0v) is 19.6. The van der Waals surface area contributed by atoms with Gasteiger partial charge in [0.1, 0.15) is 0 Å². The van der Waals surface area contributed by atoms with E-state index in [1.165, 1.54) is 0 Å². The maximum atomic E-state index is 14.8. The zero-order chi connectivity index (χ0) is 24.4. The van der Waals surface area contributed by atoms with E-state index in [0.717, 1.165) is 25.7 Å². The molecule has 0 aliphatic rings. The van der Waals surface area contributed by atoms with Crippen molar-refractivity contribution in [2.75, 3.05) is 0 Å². The lowest BCUT2D eigenvalue weighted by atomic mass is 10.0. The van der Waals surface area contributed by atoms with Crippen LogP contribution < -0.4 is 5.30 Å². The molecular weight excluding hydrogens is 482 g/mol. The van der Waals surface area contributed by atoms with Crippen molar-refractivity contribution in [3.05, 3.63) is 52.4 Å². The highest BCUT2D eigenvalue weighted by Gasteiger charge is 2.36. The molecule has 0 fully saturated rings. The minimum Gasteiger partial charge on any atom is -0.203 e. The number of hydrogen-bond donors (Lipinski definition) is 0. The Morgan fingerprint density at radius 2 is 1.00 bits per heavy atom. The second-order valence-corrected chi connectivity index (χ2v) is 17.3. The molecule has 0 heterocycles. The second kappa shape index (κ2) is 10.6. The highest BCUT2D eigenvalue weighted by Crippen LogP contribution is 2.42. The van der Waals surface area contributed by atoms with Crippen LogP contribution in [0.25, 0.3) is 11.1 Å². The van der Waals surface area contributed by atoms with Crippen LogP contribution in [0.3, 0.4) is 0 Å². The molecule has 0 saturated heterocycles. The molecule has 0 saturated carbocycles. The highest BCUT2D eigenvalue weighted by atomic mass is 31.3. The van der Waals surface area contributed by atoms with Crippen molar-refractivity contribution in [2.45, 2.75) is 58.2 Å². The first-order valence-electron chi connectivity index (χ1n) is 10.1. The number of benzene rings is 2. The van der Waals surface area contributed by atoms with Gasteiger partial charge in [0.15, 0.2) is 46.5 Å². The smallest absolute Gasteiger partial charge is 0.200 e. The summed E-state index contributed by atoms with van der Waals surface area (Å²) < 4.78 is 127. The van der Waals surface area contributed by atoms with Crippen LogP contribution in [0.1, 0.15) is 39.5 Å². The molecule has 178 valence electrons. The molecular formula is C21H22F9PSi. The standard InChI is InChI=1S/C21H22F9PSi/c1-4-6-7-8-9-32(3,5-2)31-21-11(14(24)17(27)19(29)20(21)30)10-12(22)15(25)18(28)16(26)13(10)23/h31H,4-9H2,1-3H3. The Morgan fingerprint density at radius 1 is 0.562 bits per heavy atom. The molecule has 2 atom stereocenters. The first-order chi connectivity index (χ1) is 14.9. The van der Waals surface area contributed by atoms with Crippen LogP contribution >= 0.6 is 8.13 Å². The second-order valence-electron chi connectivity index (χ2n) is 7.80. The van der Waals surface area contributed by atoms with Crippen molar-refractivity contribution in [2.24, 2.45) is 0 Å². The molecule has 0 radical (unpaired) electrons. The molecule has 0 N–H and O–H groups in total. The van der Waals surface area contributed by atoms with Crippen LogP contribution in [0.4, 0.5) is 39.5 Å². The minimum atomic E-state index is -2.52. The lowest BCUT2D eigenvalue weighted by molar-refractivity contribution is 0.379. The molecule has 2 unspecified atom stereocenters. The summed E-state index contributed by atoms with van der Waals surface area (Å²) in [7, 11) is -3.22. The largest absolute Gasteiger partial charge is 0.203 e. The van der Waals surface area contributed by atoms with Crippen molar-refractivity contribution in [1.82, 2.24) is 0 Å². The van der Waals surface area contributed by atoms with E-state index in [-0.39, 0.29) is 0 Å². The summed E-state index contributed by atoms with van der Waals surface area (Å²) in [5, 5.41) is -0.892. The van der Waals surface area contributed by atoms with Gasteiger partial charge < -0.3 is 0 Å². The van der Waals surface area contributed by atoms with Crippen molar-refractivity contribution < 1.29 is 39.5 Å². The SMILES string of the molecule is CCCCCC[Si](C)(CC)Pc1c(F)c(F)c(F)c(F)c1-c1c(F)c(F)c(F)c(F)c1F. The van der Waals surface area contributed by atoms with Gasteiger partial charge in [-0.3, -0.25) is 0 Å². The lowest BCUT2D eigenvalue weighted by Gasteiger charge is -2.28. The van der Waals surface area contributed by atoms with Gasteiger partial charge >= 0.3 is 0 Å². The summed E-state index contributed by atoms with van der Waals surface area (Å²) in [4.78, 5) is 0. The third kappa shape index (κ3) is 5.01. The molecule has 11 heteroatoms. The van der Waals surface area contributed by atoms with Crippen LogP contribution in [-0.2, 0) is 0 Å². The van der Waals surface area contributed by atoms with Gasteiger partial charge in [0, 0.05) is 10.9 Å². The maximum absolute atomic E-state index is 14.8. The van der Waals surface area contributed by atoms with Crippen LogP contribution in [0.15, 0.2) is 0 Å². The summed E-state index contributed by atoms with van der Waals surface area (Å²) in [6.45, 7) is 5.55. The molecule has 0 aliphatic heterocycles. The fourth-order valence-corrected chi connectivity index (χ4v) is 10.2. The molecule has 2 aromatic carbocycles. The van der Waals surface area contributed by atoms with Gasteiger partial charge in [-0.2, -0.15) is 0 Å². The Hall–Kier alpha value is -1.54. The Labute approximate surface area is 182 Å². The number of halogens is 9. The van der Waals surface area contributed by atoms with E-state index in [9.17, 15) is 39.5 Å².